The van der Waals surface area contributed by atoms with Crippen LogP contribution < -0.4 is 0 Å². The number of carboxylic acid groups (broad SMARTS) is 1. The van der Waals surface area contributed by atoms with Gasteiger partial charge in [-0.05, 0) is 20.8 Å². The number of carboxylic acids is 1. The van der Waals surface area contributed by atoms with Crippen molar-refractivity contribution in [2.24, 2.45) is 0 Å². The lowest BCUT2D eigenvalue weighted by Crippen LogP contribution is -2.19. The van der Waals surface area contributed by atoms with E-state index in [1.54, 1.807) is 13.8 Å². The number of carbonyl (C=O) groups is 1. The first-order valence-electron chi connectivity index (χ1n) is 4.28. The second-order valence-corrected chi connectivity index (χ2v) is 3.09. The normalized spacial score (nSPS) is 12.8. The van der Waals surface area contributed by atoms with Crippen molar-refractivity contribution in [2.45, 2.75) is 33.5 Å². The summed E-state index contributed by atoms with van der Waals surface area (Å²) in [6.45, 7) is 5.26. The van der Waals surface area contributed by atoms with Gasteiger partial charge in [-0.2, -0.15) is 0 Å². The summed E-state index contributed by atoms with van der Waals surface area (Å²) in [5.74, 6) is -0.308. The lowest BCUT2D eigenvalue weighted by molar-refractivity contribution is -0.149. The molecular formula is C9H13NO4. The summed E-state index contributed by atoms with van der Waals surface area (Å²) >= 11 is 0. The minimum absolute atomic E-state index is 0.217. The quantitative estimate of drug-likeness (QED) is 0.790. The molecule has 14 heavy (non-hydrogen) atoms. The molecule has 1 aromatic heterocycles. The second-order valence-electron chi connectivity index (χ2n) is 3.09. The Morgan fingerprint density at radius 3 is 2.71 bits per heavy atom. The number of hydrogen-bond donors (Lipinski definition) is 1. The maximum absolute atomic E-state index is 10.5. The van der Waals surface area contributed by atoms with Gasteiger partial charge in [0.1, 0.15) is 5.76 Å². The first-order chi connectivity index (χ1) is 6.52. The minimum Gasteiger partial charge on any atom is -0.479 e. The standard InChI is InChI=1S/C9H13NO4/c1-5-8(6(2)14-10-5)4-13-7(3)9(11)12/h7H,4H2,1-3H3,(H,11,12). The van der Waals surface area contributed by atoms with Gasteiger partial charge >= 0.3 is 5.97 Å². The summed E-state index contributed by atoms with van der Waals surface area (Å²) in [5, 5.41) is 12.3. The average Bonchev–Trinajstić information content (AvgIpc) is 2.43. The predicted octanol–water partition coefficient (Wildman–Crippen LogP) is 1.28. The zero-order valence-corrected chi connectivity index (χ0v) is 8.40. The minimum atomic E-state index is -0.975. The van der Waals surface area contributed by atoms with Crippen LogP contribution in [0.3, 0.4) is 0 Å². The van der Waals surface area contributed by atoms with Crippen LogP contribution >= 0.6 is 0 Å². The molecule has 5 nitrogen and oxygen atoms in total. The van der Waals surface area contributed by atoms with Gasteiger partial charge in [-0.3, -0.25) is 0 Å². The van der Waals surface area contributed by atoms with Crippen LogP contribution in [-0.4, -0.2) is 22.3 Å². The Bertz CT molecular complexity index is 312. The Labute approximate surface area is 81.7 Å². The third-order valence-electron chi connectivity index (χ3n) is 2.01. The highest BCUT2D eigenvalue weighted by Gasteiger charge is 2.14. The molecule has 0 bridgehead atoms. The molecule has 0 aromatic carbocycles. The van der Waals surface area contributed by atoms with E-state index >= 15 is 0 Å². The smallest absolute Gasteiger partial charge is 0.332 e. The third-order valence-corrected chi connectivity index (χ3v) is 2.01. The van der Waals surface area contributed by atoms with Crippen molar-refractivity contribution in [1.29, 1.82) is 0 Å². The zero-order valence-electron chi connectivity index (χ0n) is 8.40. The Hall–Kier alpha value is -1.36. The maximum Gasteiger partial charge on any atom is 0.332 e. The van der Waals surface area contributed by atoms with Gasteiger partial charge in [-0.25, -0.2) is 4.79 Å². The molecule has 1 aromatic rings. The van der Waals surface area contributed by atoms with E-state index in [1.807, 2.05) is 0 Å². The molecule has 78 valence electrons. The third kappa shape index (κ3) is 2.32. The fraction of sp³-hybridized carbons (Fsp3) is 0.556. The summed E-state index contributed by atoms with van der Waals surface area (Å²) in [6, 6.07) is 0. The summed E-state index contributed by atoms with van der Waals surface area (Å²) < 4.78 is 10.0. The van der Waals surface area contributed by atoms with E-state index in [4.69, 9.17) is 14.4 Å². The first-order valence-corrected chi connectivity index (χ1v) is 4.28. The summed E-state index contributed by atoms with van der Waals surface area (Å²) in [7, 11) is 0. The van der Waals surface area contributed by atoms with Crippen LogP contribution in [0.4, 0.5) is 0 Å². The summed E-state index contributed by atoms with van der Waals surface area (Å²) in [5.41, 5.74) is 1.55. The lowest BCUT2D eigenvalue weighted by Gasteiger charge is -2.07. The van der Waals surface area contributed by atoms with Crippen LogP contribution in [0.1, 0.15) is 23.9 Å². The van der Waals surface area contributed by atoms with Gasteiger partial charge in [-0.1, -0.05) is 5.16 Å². The Kier molecular flexibility index (Phi) is 3.24. The Balaban J connectivity index is 2.57. The summed E-state index contributed by atoms with van der Waals surface area (Å²) in [6.07, 6.45) is -0.816. The number of aryl methyl sites for hydroxylation is 2. The number of aromatic nitrogens is 1. The largest absolute Gasteiger partial charge is 0.479 e. The SMILES string of the molecule is Cc1noc(C)c1COC(C)C(=O)O. The molecule has 1 heterocycles. The van der Waals surface area contributed by atoms with E-state index in [-0.39, 0.29) is 6.61 Å². The van der Waals surface area contributed by atoms with Crippen LogP contribution in [0.2, 0.25) is 0 Å². The number of aliphatic carboxylic acids is 1. The molecule has 0 spiro atoms. The predicted molar refractivity (Wildman–Crippen MR) is 47.9 cm³/mol. The Morgan fingerprint density at radius 2 is 2.29 bits per heavy atom. The average molecular weight is 199 g/mol. The fourth-order valence-electron chi connectivity index (χ4n) is 0.988. The monoisotopic (exact) mass is 199 g/mol. The van der Waals surface area contributed by atoms with Gasteiger partial charge in [0, 0.05) is 5.56 Å². The molecule has 0 fully saturated rings. The van der Waals surface area contributed by atoms with Gasteiger partial charge in [0.25, 0.3) is 0 Å². The number of rotatable bonds is 4. The van der Waals surface area contributed by atoms with Crippen molar-refractivity contribution >= 4 is 5.97 Å². The van der Waals surface area contributed by atoms with Gasteiger partial charge < -0.3 is 14.4 Å². The van der Waals surface area contributed by atoms with Crippen LogP contribution in [0.25, 0.3) is 0 Å². The molecule has 0 amide bonds. The molecule has 1 atom stereocenters. The topological polar surface area (TPSA) is 72.6 Å². The highest BCUT2D eigenvalue weighted by molar-refractivity contribution is 5.71. The fourth-order valence-corrected chi connectivity index (χ4v) is 0.988. The van der Waals surface area contributed by atoms with Crippen molar-refractivity contribution in [3.63, 3.8) is 0 Å². The second kappa shape index (κ2) is 4.23. The molecule has 1 unspecified atom stereocenters. The van der Waals surface area contributed by atoms with Crippen LogP contribution in [0, 0.1) is 13.8 Å². The maximum atomic E-state index is 10.5. The van der Waals surface area contributed by atoms with Crippen LogP contribution in [0.5, 0.6) is 0 Å². The van der Waals surface area contributed by atoms with E-state index in [2.05, 4.69) is 5.16 Å². The van der Waals surface area contributed by atoms with Gasteiger partial charge in [-0.15, -0.1) is 0 Å². The van der Waals surface area contributed by atoms with Gasteiger partial charge in [0.05, 0.1) is 12.3 Å². The van der Waals surface area contributed by atoms with Crippen LogP contribution in [0.15, 0.2) is 4.52 Å². The molecule has 0 saturated carbocycles. The molecular weight excluding hydrogens is 186 g/mol. The highest BCUT2D eigenvalue weighted by Crippen LogP contribution is 2.14. The molecule has 0 aliphatic carbocycles. The molecule has 5 heteroatoms. The van der Waals surface area contributed by atoms with Crippen molar-refractivity contribution in [2.75, 3.05) is 0 Å². The lowest BCUT2D eigenvalue weighted by atomic mass is 10.2. The molecule has 0 radical (unpaired) electrons. The van der Waals surface area contributed by atoms with Crippen LogP contribution in [-0.2, 0) is 16.1 Å². The molecule has 1 N–H and O–H groups in total. The van der Waals surface area contributed by atoms with Crippen molar-refractivity contribution < 1.29 is 19.2 Å². The van der Waals surface area contributed by atoms with E-state index in [0.29, 0.717) is 5.76 Å². The number of ether oxygens (including phenoxy) is 1. The molecule has 1 rings (SSSR count). The van der Waals surface area contributed by atoms with E-state index < -0.39 is 12.1 Å². The number of hydrogen-bond acceptors (Lipinski definition) is 4. The highest BCUT2D eigenvalue weighted by atomic mass is 16.5. The Morgan fingerprint density at radius 1 is 1.64 bits per heavy atom. The molecule has 0 saturated heterocycles. The zero-order chi connectivity index (χ0) is 10.7. The van der Waals surface area contributed by atoms with Crippen molar-refractivity contribution in [3.05, 3.63) is 17.0 Å². The first kappa shape index (κ1) is 10.7. The van der Waals surface area contributed by atoms with E-state index in [0.717, 1.165) is 11.3 Å². The van der Waals surface area contributed by atoms with Gasteiger partial charge in [0.15, 0.2) is 6.10 Å². The van der Waals surface area contributed by atoms with Crippen molar-refractivity contribution in [3.8, 4) is 0 Å². The number of nitrogens with zero attached hydrogens (tertiary/aromatic N) is 1. The van der Waals surface area contributed by atoms with E-state index in [1.165, 1.54) is 6.92 Å². The molecule has 0 aliphatic rings. The van der Waals surface area contributed by atoms with Crippen molar-refractivity contribution in [1.82, 2.24) is 5.16 Å². The van der Waals surface area contributed by atoms with E-state index in [9.17, 15) is 4.79 Å². The van der Waals surface area contributed by atoms with Gasteiger partial charge in [0.2, 0.25) is 0 Å². The summed E-state index contributed by atoms with van der Waals surface area (Å²) in [4.78, 5) is 10.5. The molecule has 0 aliphatic heterocycles.